The molecule has 0 N–H and O–H groups in total. The molecule has 0 aliphatic heterocycles. The zero-order chi connectivity index (χ0) is 8.91. The van der Waals surface area contributed by atoms with Gasteiger partial charge in [-0.15, -0.1) is 11.6 Å². The summed E-state index contributed by atoms with van der Waals surface area (Å²) >= 11 is 8.79. The van der Waals surface area contributed by atoms with Crippen molar-refractivity contribution in [3.05, 3.63) is 0 Å². The first-order valence-electron chi connectivity index (χ1n) is 3.89. The lowest BCUT2D eigenvalue weighted by molar-refractivity contribution is -0.112. The van der Waals surface area contributed by atoms with Gasteiger partial charge in [-0.1, -0.05) is 26.2 Å². The highest BCUT2D eigenvalue weighted by atomic mass is 79.9. The van der Waals surface area contributed by atoms with Crippen LogP contribution in [-0.4, -0.2) is 9.57 Å². The van der Waals surface area contributed by atoms with E-state index in [1.165, 1.54) is 0 Å². The van der Waals surface area contributed by atoms with Crippen LogP contribution >= 0.6 is 27.5 Å². The molecular weight excluding hydrogens is 227 g/mol. The van der Waals surface area contributed by atoms with Crippen LogP contribution in [0.25, 0.3) is 0 Å². The molecule has 0 amide bonds. The standard InChI is InChI=1S/C8H14BrClO/c1-3-4-5-6-8(2,10)7(9)11/h3-6H2,1-2H3. The summed E-state index contributed by atoms with van der Waals surface area (Å²) in [5.41, 5.74) is 0. The van der Waals surface area contributed by atoms with E-state index >= 15 is 0 Å². The van der Waals surface area contributed by atoms with E-state index in [2.05, 4.69) is 22.9 Å². The van der Waals surface area contributed by atoms with Gasteiger partial charge in [0.1, 0.15) is 4.87 Å². The van der Waals surface area contributed by atoms with Crippen LogP contribution in [0.3, 0.4) is 0 Å². The Morgan fingerprint density at radius 1 is 1.55 bits per heavy atom. The van der Waals surface area contributed by atoms with Crippen LogP contribution in [0.5, 0.6) is 0 Å². The second-order valence-electron chi connectivity index (χ2n) is 2.93. The van der Waals surface area contributed by atoms with Crippen LogP contribution in [0, 0.1) is 0 Å². The van der Waals surface area contributed by atoms with Crippen LogP contribution in [0.4, 0.5) is 0 Å². The average molecular weight is 242 g/mol. The molecule has 1 atom stereocenters. The summed E-state index contributed by atoms with van der Waals surface area (Å²) in [4.78, 5) is 10.1. The summed E-state index contributed by atoms with van der Waals surface area (Å²) in [6, 6.07) is 0. The maximum atomic E-state index is 10.8. The maximum absolute atomic E-state index is 10.8. The van der Waals surface area contributed by atoms with Crippen LogP contribution in [0.2, 0.25) is 0 Å². The van der Waals surface area contributed by atoms with E-state index in [1.54, 1.807) is 6.92 Å². The quantitative estimate of drug-likeness (QED) is 0.409. The highest BCUT2D eigenvalue weighted by Gasteiger charge is 2.27. The SMILES string of the molecule is CCCCCC(C)(Cl)C(=O)Br. The molecule has 0 fully saturated rings. The van der Waals surface area contributed by atoms with Gasteiger partial charge in [0.2, 0.25) is 4.69 Å². The molecule has 0 spiro atoms. The van der Waals surface area contributed by atoms with Crippen molar-refractivity contribution >= 4 is 32.2 Å². The van der Waals surface area contributed by atoms with E-state index in [9.17, 15) is 4.79 Å². The average Bonchev–Trinajstić information content (AvgIpc) is 1.88. The van der Waals surface area contributed by atoms with Crippen molar-refractivity contribution in [2.75, 3.05) is 0 Å². The minimum Gasteiger partial charge on any atom is -0.285 e. The Balaban J connectivity index is 3.64. The largest absolute Gasteiger partial charge is 0.285 e. The number of hydrogen-bond acceptors (Lipinski definition) is 1. The molecule has 0 aromatic heterocycles. The van der Waals surface area contributed by atoms with Gasteiger partial charge in [-0.2, -0.15) is 0 Å². The predicted octanol–water partition coefficient (Wildman–Crippen LogP) is 3.49. The molecule has 0 aromatic carbocycles. The molecule has 0 aliphatic rings. The molecule has 66 valence electrons. The number of alkyl halides is 1. The zero-order valence-corrected chi connectivity index (χ0v) is 9.33. The normalized spacial score (nSPS) is 16.0. The Kier molecular flexibility index (Phi) is 5.36. The molecule has 0 heterocycles. The fraction of sp³-hybridized carbons (Fsp3) is 0.875. The second-order valence-corrected chi connectivity index (χ2v) is 4.48. The van der Waals surface area contributed by atoms with E-state index in [-0.39, 0.29) is 4.69 Å². The molecule has 0 radical (unpaired) electrons. The predicted molar refractivity (Wildman–Crippen MR) is 52.3 cm³/mol. The number of halogens is 2. The first-order chi connectivity index (χ1) is 5.00. The summed E-state index contributed by atoms with van der Waals surface area (Å²) in [5.74, 6) is 0. The third kappa shape index (κ3) is 4.81. The molecule has 1 unspecified atom stereocenters. The van der Waals surface area contributed by atoms with Gasteiger partial charge in [0.25, 0.3) is 0 Å². The number of carbonyl (C=O) groups is 1. The topological polar surface area (TPSA) is 17.1 Å². The van der Waals surface area contributed by atoms with Gasteiger partial charge in [0, 0.05) is 0 Å². The summed E-state index contributed by atoms with van der Waals surface area (Å²) in [5, 5.41) is 0. The van der Waals surface area contributed by atoms with Crippen molar-refractivity contribution in [1.82, 2.24) is 0 Å². The number of carbonyl (C=O) groups excluding carboxylic acids is 1. The molecule has 0 saturated carbocycles. The molecular formula is C8H14BrClO. The smallest absolute Gasteiger partial charge is 0.218 e. The fourth-order valence-corrected chi connectivity index (χ4v) is 1.14. The van der Waals surface area contributed by atoms with Gasteiger partial charge < -0.3 is 0 Å². The van der Waals surface area contributed by atoms with Crippen molar-refractivity contribution in [3.8, 4) is 0 Å². The number of hydrogen-bond donors (Lipinski definition) is 0. The van der Waals surface area contributed by atoms with E-state index < -0.39 is 4.87 Å². The third-order valence-corrected chi connectivity index (χ3v) is 3.12. The van der Waals surface area contributed by atoms with Crippen LogP contribution in [0.1, 0.15) is 39.5 Å². The minimum absolute atomic E-state index is 0.109. The molecule has 0 bridgehead atoms. The highest BCUT2D eigenvalue weighted by molar-refractivity contribution is 9.18. The van der Waals surface area contributed by atoms with Gasteiger partial charge in [-0.05, 0) is 29.3 Å². The first kappa shape index (κ1) is 11.4. The molecule has 11 heavy (non-hydrogen) atoms. The summed E-state index contributed by atoms with van der Waals surface area (Å²) in [6.45, 7) is 3.88. The van der Waals surface area contributed by atoms with Gasteiger partial charge in [0.05, 0.1) is 0 Å². The Labute approximate surface area is 81.6 Å². The van der Waals surface area contributed by atoms with Gasteiger partial charge in [-0.25, -0.2) is 0 Å². The maximum Gasteiger partial charge on any atom is 0.218 e. The van der Waals surface area contributed by atoms with Crippen molar-refractivity contribution < 1.29 is 4.79 Å². The van der Waals surface area contributed by atoms with Crippen LogP contribution < -0.4 is 0 Å². The lowest BCUT2D eigenvalue weighted by atomic mass is 10.0. The van der Waals surface area contributed by atoms with E-state index in [4.69, 9.17) is 11.6 Å². The van der Waals surface area contributed by atoms with Crippen molar-refractivity contribution in [1.29, 1.82) is 0 Å². The number of rotatable bonds is 5. The molecule has 3 heteroatoms. The molecule has 0 aliphatic carbocycles. The lowest BCUT2D eigenvalue weighted by Gasteiger charge is -2.16. The molecule has 0 saturated heterocycles. The van der Waals surface area contributed by atoms with E-state index in [0.717, 1.165) is 25.7 Å². The highest BCUT2D eigenvalue weighted by Crippen LogP contribution is 2.25. The Morgan fingerprint density at radius 3 is 2.45 bits per heavy atom. The third-order valence-electron chi connectivity index (χ3n) is 1.66. The van der Waals surface area contributed by atoms with Crippen molar-refractivity contribution in [2.24, 2.45) is 0 Å². The molecule has 1 nitrogen and oxygen atoms in total. The molecule has 0 rings (SSSR count). The van der Waals surface area contributed by atoms with Gasteiger partial charge in [-0.3, -0.25) is 4.79 Å². The number of unbranched alkanes of at least 4 members (excludes halogenated alkanes) is 2. The van der Waals surface area contributed by atoms with Crippen molar-refractivity contribution in [2.45, 2.75) is 44.4 Å². The Hall–Kier alpha value is 0.440. The van der Waals surface area contributed by atoms with Gasteiger partial charge >= 0.3 is 0 Å². The van der Waals surface area contributed by atoms with E-state index in [0.29, 0.717) is 0 Å². The minimum atomic E-state index is -0.699. The summed E-state index contributed by atoms with van der Waals surface area (Å²) in [6.07, 6.45) is 4.08. The van der Waals surface area contributed by atoms with Crippen LogP contribution in [-0.2, 0) is 4.79 Å². The molecule has 0 aromatic rings. The zero-order valence-electron chi connectivity index (χ0n) is 6.99. The Morgan fingerprint density at radius 2 is 2.09 bits per heavy atom. The van der Waals surface area contributed by atoms with Crippen molar-refractivity contribution in [3.63, 3.8) is 0 Å². The monoisotopic (exact) mass is 240 g/mol. The second kappa shape index (κ2) is 5.15. The Bertz CT molecular complexity index is 134. The fourth-order valence-electron chi connectivity index (χ4n) is 0.805. The first-order valence-corrected chi connectivity index (χ1v) is 5.06. The lowest BCUT2D eigenvalue weighted by Crippen LogP contribution is -2.23. The van der Waals surface area contributed by atoms with E-state index in [1.807, 2.05) is 0 Å². The summed E-state index contributed by atoms with van der Waals surface area (Å²) in [7, 11) is 0. The summed E-state index contributed by atoms with van der Waals surface area (Å²) < 4.78 is -0.109. The van der Waals surface area contributed by atoms with Gasteiger partial charge in [0.15, 0.2) is 0 Å². The van der Waals surface area contributed by atoms with Crippen LogP contribution in [0.15, 0.2) is 0 Å².